The Morgan fingerprint density at radius 2 is 2.15 bits per heavy atom. The number of benzene rings is 1. The van der Waals surface area contributed by atoms with Gasteiger partial charge in [-0.05, 0) is 30.7 Å². The van der Waals surface area contributed by atoms with Crippen molar-refractivity contribution in [2.24, 2.45) is 0 Å². The molecule has 0 radical (unpaired) electrons. The van der Waals surface area contributed by atoms with Crippen LogP contribution < -0.4 is 4.90 Å². The zero-order valence-electron chi connectivity index (χ0n) is 7.84. The maximum Gasteiger partial charge on any atom is 0.123 e. The Bertz CT molecular complexity index is 368. The molecule has 13 heavy (non-hydrogen) atoms. The second kappa shape index (κ2) is 2.87. The highest BCUT2D eigenvalue weighted by atomic mass is 19.1. The van der Waals surface area contributed by atoms with Crippen LogP contribution in [0.15, 0.2) is 24.3 Å². The van der Waals surface area contributed by atoms with Crippen molar-refractivity contribution < 1.29 is 4.39 Å². The first-order valence-electron chi connectivity index (χ1n) is 4.36. The Morgan fingerprint density at radius 3 is 2.92 bits per heavy atom. The maximum atomic E-state index is 12.9. The third-order valence-electron chi connectivity index (χ3n) is 2.47. The molecule has 0 bridgehead atoms. The molecule has 2 heteroatoms. The van der Waals surface area contributed by atoms with Crippen molar-refractivity contribution >= 4 is 11.3 Å². The third-order valence-corrected chi connectivity index (χ3v) is 2.47. The van der Waals surface area contributed by atoms with Gasteiger partial charge in [-0.1, -0.05) is 6.08 Å². The molecule has 0 aliphatic carbocycles. The predicted molar refractivity (Wildman–Crippen MR) is 53.3 cm³/mol. The van der Waals surface area contributed by atoms with Crippen LogP contribution in [0.4, 0.5) is 10.1 Å². The molecule has 1 heterocycles. The van der Waals surface area contributed by atoms with E-state index in [1.807, 2.05) is 20.0 Å². The fourth-order valence-electron chi connectivity index (χ4n) is 1.64. The molecule has 1 aliphatic heterocycles. The van der Waals surface area contributed by atoms with Crippen LogP contribution in [0.1, 0.15) is 12.5 Å². The van der Waals surface area contributed by atoms with Crippen molar-refractivity contribution in [1.82, 2.24) is 0 Å². The van der Waals surface area contributed by atoms with Crippen LogP contribution in [0, 0.1) is 5.82 Å². The summed E-state index contributed by atoms with van der Waals surface area (Å²) in [6.07, 6.45) is 2.11. The van der Waals surface area contributed by atoms with E-state index in [1.54, 1.807) is 6.07 Å². The highest BCUT2D eigenvalue weighted by molar-refractivity contribution is 5.78. The Labute approximate surface area is 77.5 Å². The lowest BCUT2D eigenvalue weighted by Gasteiger charge is -2.26. The van der Waals surface area contributed by atoms with Gasteiger partial charge in [0, 0.05) is 24.8 Å². The molecule has 68 valence electrons. The highest BCUT2D eigenvalue weighted by Gasteiger charge is 2.13. The summed E-state index contributed by atoms with van der Waals surface area (Å²) in [7, 11) is 2.01. The minimum atomic E-state index is -0.165. The van der Waals surface area contributed by atoms with Crippen LogP contribution in [0.3, 0.4) is 0 Å². The zero-order chi connectivity index (χ0) is 9.42. The van der Waals surface area contributed by atoms with E-state index >= 15 is 0 Å². The van der Waals surface area contributed by atoms with Gasteiger partial charge >= 0.3 is 0 Å². The van der Waals surface area contributed by atoms with Crippen molar-refractivity contribution in [3.05, 3.63) is 35.7 Å². The standard InChI is InChI=1S/C11H12FN/c1-8-5-6-13(2)11-4-3-9(12)7-10(8)11/h3-5,7H,6H2,1-2H3. The number of hydrogen-bond acceptors (Lipinski definition) is 1. The lowest BCUT2D eigenvalue weighted by atomic mass is 10.0. The fourth-order valence-corrected chi connectivity index (χ4v) is 1.64. The van der Waals surface area contributed by atoms with Crippen LogP contribution in [0.25, 0.3) is 5.57 Å². The average Bonchev–Trinajstić information content (AvgIpc) is 2.12. The van der Waals surface area contributed by atoms with E-state index in [2.05, 4.69) is 11.0 Å². The molecule has 0 aromatic heterocycles. The van der Waals surface area contributed by atoms with E-state index < -0.39 is 0 Å². The molecule has 1 nitrogen and oxygen atoms in total. The summed E-state index contributed by atoms with van der Waals surface area (Å²) in [6, 6.07) is 4.94. The van der Waals surface area contributed by atoms with Crippen molar-refractivity contribution in [1.29, 1.82) is 0 Å². The molecule has 1 aromatic carbocycles. The highest BCUT2D eigenvalue weighted by Crippen LogP contribution is 2.30. The first-order valence-corrected chi connectivity index (χ1v) is 4.36. The number of fused-ring (bicyclic) bond motifs is 1. The molecule has 0 saturated carbocycles. The topological polar surface area (TPSA) is 3.24 Å². The van der Waals surface area contributed by atoms with E-state index in [0.29, 0.717) is 0 Å². The monoisotopic (exact) mass is 177 g/mol. The van der Waals surface area contributed by atoms with E-state index in [9.17, 15) is 4.39 Å². The second-order valence-electron chi connectivity index (χ2n) is 3.43. The number of anilines is 1. The number of allylic oxidation sites excluding steroid dienone is 1. The van der Waals surface area contributed by atoms with Crippen LogP contribution in [-0.2, 0) is 0 Å². The summed E-state index contributed by atoms with van der Waals surface area (Å²) >= 11 is 0. The number of hydrogen-bond donors (Lipinski definition) is 0. The van der Waals surface area contributed by atoms with Crippen LogP contribution >= 0.6 is 0 Å². The summed E-state index contributed by atoms with van der Waals surface area (Å²) in [5.41, 5.74) is 3.28. The van der Waals surface area contributed by atoms with Crippen molar-refractivity contribution in [3.63, 3.8) is 0 Å². The molecule has 2 rings (SSSR count). The Balaban J connectivity index is 2.60. The summed E-state index contributed by atoms with van der Waals surface area (Å²) in [4.78, 5) is 2.11. The zero-order valence-corrected chi connectivity index (χ0v) is 7.84. The quantitative estimate of drug-likeness (QED) is 0.589. The molecule has 0 fully saturated rings. The minimum absolute atomic E-state index is 0.165. The number of halogens is 1. The van der Waals surface area contributed by atoms with E-state index in [1.165, 1.54) is 6.07 Å². The predicted octanol–water partition coefficient (Wildman–Crippen LogP) is 2.68. The van der Waals surface area contributed by atoms with Gasteiger partial charge in [0.2, 0.25) is 0 Å². The van der Waals surface area contributed by atoms with Gasteiger partial charge < -0.3 is 4.90 Å². The van der Waals surface area contributed by atoms with Crippen molar-refractivity contribution in [2.75, 3.05) is 18.5 Å². The van der Waals surface area contributed by atoms with Gasteiger partial charge in [0.25, 0.3) is 0 Å². The first kappa shape index (κ1) is 8.30. The van der Waals surface area contributed by atoms with E-state index in [-0.39, 0.29) is 5.82 Å². The van der Waals surface area contributed by atoms with Gasteiger partial charge in [-0.2, -0.15) is 0 Å². The molecule has 0 saturated heterocycles. The SMILES string of the molecule is CC1=CCN(C)c2ccc(F)cc21. The van der Waals surface area contributed by atoms with Crippen molar-refractivity contribution in [2.45, 2.75) is 6.92 Å². The summed E-state index contributed by atoms with van der Waals surface area (Å²) in [6.45, 7) is 2.93. The summed E-state index contributed by atoms with van der Waals surface area (Å²) < 4.78 is 12.9. The summed E-state index contributed by atoms with van der Waals surface area (Å²) in [5.74, 6) is -0.165. The largest absolute Gasteiger partial charge is 0.370 e. The number of likely N-dealkylation sites (N-methyl/N-ethyl adjacent to an activating group) is 1. The van der Waals surface area contributed by atoms with Gasteiger partial charge in [-0.15, -0.1) is 0 Å². The van der Waals surface area contributed by atoms with Crippen LogP contribution in [0.2, 0.25) is 0 Å². The lowest BCUT2D eigenvalue weighted by Crippen LogP contribution is -2.21. The molecular weight excluding hydrogens is 165 g/mol. The van der Waals surface area contributed by atoms with E-state index in [4.69, 9.17) is 0 Å². The van der Waals surface area contributed by atoms with Gasteiger partial charge in [0.15, 0.2) is 0 Å². The summed E-state index contributed by atoms with van der Waals surface area (Å²) in [5, 5.41) is 0. The fraction of sp³-hybridized carbons (Fsp3) is 0.273. The van der Waals surface area contributed by atoms with E-state index in [0.717, 1.165) is 23.4 Å². The molecule has 0 N–H and O–H groups in total. The Kier molecular flexibility index (Phi) is 1.83. The smallest absolute Gasteiger partial charge is 0.123 e. The third kappa shape index (κ3) is 1.32. The first-order chi connectivity index (χ1) is 6.18. The lowest BCUT2D eigenvalue weighted by molar-refractivity contribution is 0.627. The Morgan fingerprint density at radius 1 is 1.38 bits per heavy atom. The number of rotatable bonds is 0. The Hall–Kier alpha value is -1.31. The maximum absolute atomic E-state index is 12.9. The van der Waals surface area contributed by atoms with Crippen molar-refractivity contribution in [3.8, 4) is 0 Å². The van der Waals surface area contributed by atoms with Gasteiger partial charge in [0.1, 0.15) is 5.82 Å². The molecule has 1 aromatic rings. The number of nitrogens with zero attached hydrogens (tertiary/aromatic N) is 1. The van der Waals surface area contributed by atoms with Gasteiger partial charge in [-0.3, -0.25) is 0 Å². The molecule has 0 unspecified atom stereocenters. The average molecular weight is 177 g/mol. The molecule has 0 atom stereocenters. The molecular formula is C11H12FN. The van der Waals surface area contributed by atoms with Crippen LogP contribution in [0.5, 0.6) is 0 Å². The van der Waals surface area contributed by atoms with Gasteiger partial charge in [-0.25, -0.2) is 4.39 Å². The molecule has 0 spiro atoms. The van der Waals surface area contributed by atoms with Crippen LogP contribution in [-0.4, -0.2) is 13.6 Å². The molecule has 0 amide bonds. The minimum Gasteiger partial charge on any atom is -0.370 e. The normalized spacial score (nSPS) is 15.3. The molecule has 1 aliphatic rings. The van der Waals surface area contributed by atoms with Gasteiger partial charge in [0.05, 0.1) is 0 Å². The second-order valence-corrected chi connectivity index (χ2v) is 3.43.